The fraction of sp³-hybridized carbons (Fsp3) is 0.357. The summed E-state index contributed by atoms with van der Waals surface area (Å²) in [7, 11) is 0. The average Bonchev–Trinajstić information content (AvgIpc) is 2.89. The van der Waals surface area contributed by atoms with E-state index in [1.54, 1.807) is 16.4 Å². The van der Waals surface area contributed by atoms with Crippen molar-refractivity contribution in [2.75, 3.05) is 17.8 Å². The Labute approximate surface area is 141 Å². The Balaban J connectivity index is 2.23. The predicted octanol–water partition coefficient (Wildman–Crippen LogP) is 3.89. The maximum absolute atomic E-state index is 12.4. The van der Waals surface area contributed by atoms with E-state index in [2.05, 4.69) is 26.2 Å². The first-order chi connectivity index (χ1) is 10.1. The van der Waals surface area contributed by atoms with Gasteiger partial charge in [-0.25, -0.2) is 4.68 Å². The van der Waals surface area contributed by atoms with Crippen LogP contribution in [0, 0.1) is 0 Å². The van der Waals surface area contributed by atoms with Gasteiger partial charge in [-0.15, -0.1) is 5.10 Å². The minimum atomic E-state index is -0.0369. The number of hydrogen-bond acceptors (Lipinski definition) is 5. The van der Waals surface area contributed by atoms with E-state index in [-0.39, 0.29) is 11.2 Å². The molecule has 21 heavy (non-hydrogen) atoms. The third-order valence-electron chi connectivity index (χ3n) is 3.02. The molecule has 1 aromatic heterocycles. The number of rotatable bonds is 6. The zero-order valence-electron chi connectivity index (χ0n) is 11.8. The Morgan fingerprint density at radius 2 is 2.05 bits per heavy atom. The molecule has 0 bridgehead atoms. The smallest absolute Gasteiger partial charge is 0.240 e. The molecule has 0 aliphatic heterocycles. The fourth-order valence-electron chi connectivity index (χ4n) is 1.88. The van der Waals surface area contributed by atoms with Crippen LogP contribution in [-0.4, -0.2) is 37.9 Å². The summed E-state index contributed by atoms with van der Waals surface area (Å²) in [4.78, 5) is 12.4. The van der Waals surface area contributed by atoms with E-state index in [0.717, 1.165) is 17.1 Å². The summed E-state index contributed by atoms with van der Waals surface area (Å²) >= 11 is 6.37. The number of hydrogen-bond donors (Lipinski definition) is 0. The summed E-state index contributed by atoms with van der Waals surface area (Å²) in [6.45, 7) is 2.01. The van der Waals surface area contributed by atoms with E-state index in [0.29, 0.717) is 10.3 Å². The minimum Gasteiger partial charge on any atom is -0.280 e. The lowest BCUT2D eigenvalue weighted by Gasteiger charge is -2.14. The molecular weight excluding hydrogens is 370 g/mol. The molecule has 2 rings (SSSR count). The lowest BCUT2D eigenvalue weighted by Crippen LogP contribution is -2.15. The van der Waals surface area contributed by atoms with Crippen molar-refractivity contribution in [1.29, 1.82) is 0 Å². The van der Waals surface area contributed by atoms with Crippen LogP contribution in [0.25, 0.3) is 0 Å². The van der Waals surface area contributed by atoms with Crippen LogP contribution in [0.1, 0.15) is 29.0 Å². The molecule has 0 saturated heterocycles. The van der Waals surface area contributed by atoms with Crippen molar-refractivity contribution >= 4 is 44.6 Å². The summed E-state index contributed by atoms with van der Waals surface area (Å²) in [5.41, 5.74) is 1.62. The molecule has 2 aromatic rings. The first-order valence-electron chi connectivity index (χ1n) is 6.46. The second-order valence-corrected chi connectivity index (χ2v) is 7.19. The molecule has 0 amide bonds. The van der Waals surface area contributed by atoms with E-state index in [1.807, 2.05) is 43.5 Å². The molecule has 0 fully saturated rings. The van der Waals surface area contributed by atoms with Gasteiger partial charge in [-0.2, -0.15) is 11.8 Å². The second kappa shape index (κ2) is 8.00. The van der Waals surface area contributed by atoms with E-state index >= 15 is 0 Å². The van der Waals surface area contributed by atoms with Crippen molar-refractivity contribution in [3.8, 4) is 0 Å². The van der Waals surface area contributed by atoms with Gasteiger partial charge in [0, 0.05) is 11.5 Å². The highest BCUT2D eigenvalue weighted by Crippen LogP contribution is 2.25. The van der Waals surface area contributed by atoms with Gasteiger partial charge in [0.2, 0.25) is 5.12 Å². The van der Waals surface area contributed by atoms with Gasteiger partial charge in [0.25, 0.3) is 0 Å². The monoisotopic (exact) mass is 385 g/mol. The number of thioether (sulfide) groups is 2. The SMILES string of the molecule is CSCCSC(=O)c1c(Br)nnn1[C@H](C)c1ccccc1. The van der Waals surface area contributed by atoms with Crippen LogP contribution >= 0.6 is 39.5 Å². The van der Waals surface area contributed by atoms with Crippen LogP contribution in [0.4, 0.5) is 0 Å². The summed E-state index contributed by atoms with van der Waals surface area (Å²) in [5, 5.41) is 8.13. The van der Waals surface area contributed by atoms with Crippen LogP contribution < -0.4 is 0 Å². The molecule has 7 heteroatoms. The molecule has 0 aliphatic carbocycles. The molecule has 0 aliphatic rings. The van der Waals surface area contributed by atoms with Gasteiger partial charge < -0.3 is 0 Å². The van der Waals surface area contributed by atoms with Gasteiger partial charge >= 0.3 is 0 Å². The van der Waals surface area contributed by atoms with Crippen LogP contribution in [0.15, 0.2) is 34.9 Å². The van der Waals surface area contributed by atoms with Gasteiger partial charge in [-0.1, -0.05) is 47.3 Å². The number of nitrogens with zero attached hydrogens (tertiary/aromatic N) is 3. The van der Waals surface area contributed by atoms with Crippen molar-refractivity contribution < 1.29 is 4.79 Å². The van der Waals surface area contributed by atoms with Gasteiger partial charge in [-0.05, 0) is 34.7 Å². The zero-order valence-corrected chi connectivity index (χ0v) is 15.0. The van der Waals surface area contributed by atoms with Crippen molar-refractivity contribution in [2.45, 2.75) is 13.0 Å². The van der Waals surface area contributed by atoms with Gasteiger partial charge in [0.05, 0.1) is 6.04 Å². The molecule has 1 heterocycles. The van der Waals surface area contributed by atoms with Crippen LogP contribution in [0.3, 0.4) is 0 Å². The first kappa shape index (κ1) is 16.6. The molecule has 112 valence electrons. The maximum atomic E-state index is 12.4. The second-order valence-electron chi connectivity index (χ2n) is 4.39. The van der Waals surface area contributed by atoms with Crippen molar-refractivity contribution in [3.63, 3.8) is 0 Å². The van der Waals surface area contributed by atoms with Crippen molar-refractivity contribution in [2.24, 2.45) is 0 Å². The number of carbonyl (C=O) groups excluding carboxylic acids is 1. The van der Waals surface area contributed by atoms with E-state index in [1.165, 1.54) is 11.8 Å². The highest BCUT2D eigenvalue weighted by atomic mass is 79.9. The highest BCUT2D eigenvalue weighted by Gasteiger charge is 2.23. The molecule has 0 unspecified atom stereocenters. The van der Waals surface area contributed by atoms with Crippen molar-refractivity contribution in [1.82, 2.24) is 15.0 Å². The fourth-order valence-corrected chi connectivity index (χ4v) is 3.96. The lowest BCUT2D eigenvalue weighted by molar-refractivity contribution is 0.107. The third-order valence-corrected chi connectivity index (χ3v) is 5.28. The quantitative estimate of drug-likeness (QED) is 0.705. The Morgan fingerprint density at radius 1 is 1.33 bits per heavy atom. The topological polar surface area (TPSA) is 47.8 Å². The van der Waals surface area contributed by atoms with Gasteiger partial charge in [0.1, 0.15) is 0 Å². The number of halogens is 1. The van der Waals surface area contributed by atoms with Gasteiger partial charge in [0.15, 0.2) is 10.3 Å². The normalized spacial score (nSPS) is 12.3. The average molecular weight is 386 g/mol. The maximum Gasteiger partial charge on any atom is 0.240 e. The molecule has 1 aromatic carbocycles. The Hall–Kier alpha value is -0.790. The summed E-state index contributed by atoms with van der Waals surface area (Å²) in [5.74, 6) is 1.74. The molecule has 0 radical (unpaired) electrons. The standard InChI is InChI=1S/C14H16BrN3OS2/c1-10(11-6-4-3-5-7-11)18-12(13(15)16-17-18)14(19)21-9-8-20-2/h3-7,10H,8-9H2,1-2H3/t10-/m1/s1. The summed E-state index contributed by atoms with van der Waals surface area (Å²) in [6.07, 6.45) is 2.03. The largest absolute Gasteiger partial charge is 0.280 e. The molecule has 1 atom stereocenters. The Kier molecular flexibility index (Phi) is 6.32. The predicted molar refractivity (Wildman–Crippen MR) is 93.1 cm³/mol. The molecule has 0 spiro atoms. The third kappa shape index (κ3) is 4.11. The van der Waals surface area contributed by atoms with Gasteiger partial charge in [-0.3, -0.25) is 4.79 Å². The molecular formula is C14H16BrN3OS2. The molecule has 4 nitrogen and oxygen atoms in total. The van der Waals surface area contributed by atoms with E-state index < -0.39 is 0 Å². The zero-order chi connectivity index (χ0) is 15.2. The van der Waals surface area contributed by atoms with Crippen LogP contribution in [-0.2, 0) is 0 Å². The number of benzene rings is 1. The van der Waals surface area contributed by atoms with E-state index in [4.69, 9.17) is 0 Å². The summed E-state index contributed by atoms with van der Waals surface area (Å²) in [6, 6.07) is 9.94. The summed E-state index contributed by atoms with van der Waals surface area (Å²) < 4.78 is 2.19. The lowest BCUT2D eigenvalue weighted by atomic mass is 10.1. The van der Waals surface area contributed by atoms with Crippen LogP contribution in [0.5, 0.6) is 0 Å². The first-order valence-corrected chi connectivity index (χ1v) is 9.64. The van der Waals surface area contributed by atoms with Crippen LogP contribution in [0.2, 0.25) is 0 Å². The van der Waals surface area contributed by atoms with E-state index in [9.17, 15) is 4.79 Å². The molecule has 0 N–H and O–H groups in total. The Morgan fingerprint density at radius 3 is 2.71 bits per heavy atom. The number of carbonyl (C=O) groups is 1. The molecule has 0 saturated carbocycles. The Bertz CT molecular complexity index is 604. The number of aromatic nitrogens is 3. The minimum absolute atomic E-state index is 0.00343. The van der Waals surface area contributed by atoms with Crippen molar-refractivity contribution in [3.05, 3.63) is 46.2 Å². The highest BCUT2D eigenvalue weighted by molar-refractivity contribution is 9.10.